The second kappa shape index (κ2) is 4.01. The lowest BCUT2D eigenvalue weighted by Crippen LogP contribution is -2.04. The number of nitrogen functional groups attached to an aromatic ring is 3. The van der Waals surface area contributed by atoms with Crippen LogP contribution in [0, 0.1) is 0 Å². The number of aromatic nitrogens is 2. The van der Waals surface area contributed by atoms with Gasteiger partial charge in [0.15, 0.2) is 0 Å². The summed E-state index contributed by atoms with van der Waals surface area (Å²) in [6.45, 7) is 0.566. The van der Waals surface area contributed by atoms with E-state index in [9.17, 15) is 0 Å². The van der Waals surface area contributed by atoms with Crippen molar-refractivity contribution in [1.29, 1.82) is 0 Å². The van der Waals surface area contributed by atoms with Crippen LogP contribution in [0.4, 0.5) is 22.9 Å². The van der Waals surface area contributed by atoms with Crippen LogP contribution in [-0.2, 0) is 6.54 Å². The van der Waals surface area contributed by atoms with Crippen LogP contribution in [0.2, 0.25) is 0 Å². The molecule has 0 spiro atoms. The van der Waals surface area contributed by atoms with Crippen molar-refractivity contribution in [1.82, 2.24) is 10.2 Å². The number of rotatable bonds is 3. The van der Waals surface area contributed by atoms with Crippen molar-refractivity contribution in [2.75, 3.05) is 22.5 Å². The highest BCUT2D eigenvalue weighted by atomic mass is 15.1. The zero-order chi connectivity index (χ0) is 11.5. The second-order valence-electron chi connectivity index (χ2n) is 3.51. The Morgan fingerprint density at radius 3 is 2.69 bits per heavy atom. The molecule has 0 saturated heterocycles. The van der Waals surface area contributed by atoms with E-state index < -0.39 is 0 Å². The van der Waals surface area contributed by atoms with Crippen LogP contribution >= 0.6 is 0 Å². The first-order valence-electron chi connectivity index (χ1n) is 4.83. The summed E-state index contributed by atoms with van der Waals surface area (Å²) in [6.07, 6.45) is 1.68. The van der Waals surface area contributed by atoms with E-state index in [0.717, 1.165) is 11.3 Å². The van der Waals surface area contributed by atoms with Gasteiger partial charge in [0.1, 0.15) is 5.82 Å². The van der Waals surface area contributed by atoms with Gasteiger partial charge in [-0.3, -0.25) is 5.10 Å². The first kappa shape index (κ1) is 10.2. The minimum atomic E-state index is 0.557. The molecule has 1 aromatic carbocycles. The summed E-state index contributed by atoms with van der Waals surface area (Å²) >= 11 is 0. The fraction of sp³-hybridized carbons (Fsp3) is 0.100. The molecule has 0 aliphatic heterocycles. The number of nitrogens with two attached hydrogens (primary N) is 3. The summed E-state index contributed by atoms with van der Waals surface area (Å²) in [7, 11) is 0. The topological polar surface area (TPSA) is 119 Å². The van der Waals surface area contributed by atoms with E-state index in [1.54, 1.807) is 18.3 Å². The maximum absolute atomic E-state index is 5.80. The highest BCUT2D eigenvalue weighted by Gasteiger charge is 2.03. The van der Waals surface area contributed by atoms with Gasteiger partial charge < -0.3 is 22.5 Å². The van der Waals surface area contributed by atoms with Crippen molar-refractivity contribution < 1.29 is 0 Å². The quantitative estimate of drug-likeness (QED) is 0.487. The normalized spacial score (nSPS) is 10.2. The van der Waals surface area contributed by atoms with Gasteiger partial charge in [-0.2, -0.15) is 5.10 Å². The summed E-state index contributed by atoms with van der Waals surface area (Å²) < 4.78 is 0. The molecule has 8 N–H and O–H groups in total. The van der Waals surface area contributed by atoms with E-state index in [2.05, 4.69) is 15.5 Å². The average Bonchev–Trinajstić information content (AvgIpc) is 2.63. The standard InChI is InChI=1S/C10H14N6/c11-7-1-2-9(8(12)3-7)14-4-6-5-15-16-10(6)13/h1-3,5,14H,4,11-12H2,(H3,13,15,16). The number of anilines is 4. The molecule has 0 saturated carbocycles. The minimum Gasteiger partial charge on any atom is -0.399 e. The molecule has 0 fully saturated rings. The molecule has 2 rings (SSSR count). The summed E-state index contributed by atoms with van der Waals surface area (Å²) in [5.41, 5.74) is 20.0. The number of nitrogens with zero attached hydrogens (tertiary/aromatic N) is 1. The zero-order valence-electron chi connectivity index (χ0n) is 8.70. The fourth-order valence-electron chi connectivity index (χ4n) is 1.39. The van der Waals surface area contributed by atoms with E-state index in [1.807, 2.05) is 6.07 Å². The minimum absolute atomic E-state index is 0.557. The maximum Gasteiger partial charge on any atom is 0.123 e. The number of H-pyrrole nitrogens is 1. The van der Waals surface area contributed by atoms with Crippen LogP contribution in [0.1, 0.15) is 5.56 Å². The van der Waals surface area contributed by atoms with Crippen molar-refractivity contribution in [2.24, 2.45) is 0 Å². The Hall–Kier alpha value is -2.37. The number of aromatic amines is 1. The third-order valence-electron chi connectivity index (χ3n) is 2.30. The van der Waals surface area contributed by atoms with Crippen LogP contribution in [0.25, 0.3) is 0 Å². The van der Waals surface area contributed by atoms with Crippen molar-refractivity contribution in [3.05, 3.63) is 30.0 Å². The second-order valence-corrected chi connectivity index (χ2v) is 3.51. The van der Waals surface area contributed by atoms with E-state index in [0.29, 0.717) is 23.7 Å². The molecule has 6 heteroatoms. The number of hydrogen-bond acceptors (Lipinski definition) is 5. The van der Waals surface area contributed by atoms with Crippen LogP contribution in [0.5, 0.6) is 0 Å². The molecule has 2 aromatic rings. The number of nitrogens with one attached hydrogen (secondary N) is 2. The number of hydrogen-bond donors (Lipinski definition) is 5. The average molecular weight is 218 g/mol. The SMILES string of the molecule is Nc1ccc(NCc2cn[nH]c2N)c(N)c1. The van der Waals surface area contributed by atoms with Gasteiger partial charge in [0, 0.05) is 17.8 Å². The van der Waals surface area contributed by atoms with E-state index in [1.165, 1.54) is 0 Å². The van der Waals surface area contributed by atoms with E-state index in [-0.39, 0.29) is 0 Å². The lowest BCUT2D eigenvalue weighted by Gasteiger charge is -2.09. The van der Waals surface area contributed by atoms with E-state index >= 15 is 0 Å². The Balaban J connectivity index is 2.08. The summed E-state index contributed by atoms with van der Waals surface area (Å²) in [5, 5.41) is 9.66. The molecule has 0 bridgehead atoms. The molecule has 16 heavy (non-hydrogen) atoms. The van der Waals surface area contributed by atoms with Crippen LogP contribution in [0.15, 0.2) is 24.4 Å². The van der Waals surface area contributed by atoms with Crippen molar-refractivity contribution in [3.63, 3.8) is 0 Å². The smallest absolute Gasteiger partial charge is 0.123 e. The van der Waals surface area contributed by atoms with Gasteiger partial charge in [0.05, 0.1) is 17.6 Å². The Bertz CT molecular complexity index is 490. The Morgan fingerprint density at radius 1 is 1.25 bits per heavy atom. The summed E-state index contributed by atoms with van der Waals surface area (Å²) in [5.74, 6) is 0.557. The molecular weight excluding hydrogens is 204 g/mol. The molecule has 0 amide bonds. The third-order valence-corrected chi connectivity index (χ3v) is 2.30. The monoisotopic (exact) mass is 218 g/mol. The first-order chi connectivity index (χ1) is 7.66. The molecule has 0 atom stereocenters. The zero-order valence-corrected chi connectivity index (χ0v) is 8.70. The highest BCUT2D eigenvalue weighted by Crippen LogP contribution is 2.22. The van der Waals surface area contributed by atoms with Gasteiger partial charge in [-0.15, -0.1) is 0 Å². The number of benzene rings is 1. The first-order valence-corrected chi connectivity index (χ1v) is 4.83. The fourth-order valence-corrected chi connectivity index (χ4v) is 1.39. The van der Waals surface area contributed by atoms with Crippen molar-refractivity contribution in [2.45, 2.75) is 6.54 Å². The van der Waals surface area contributed by atoms with Gasteiger partial charge >= 0.3 is 0 Å². The third kappa shape index (κ3) is 2.00. The van der Waals surface area contributed by atoms with E-state index in [4.69, 9.17) is 17.2 Å². The molecule has 1 heterocycles. The van der Waals surface area contributed by atoms with Gasteiger partial charge in [-0.1, -0.05) is 0 Å². The maximum atomic E-state index is 5.80. The molecule has 1 aromatic heterocycles. The molecule has 0 aliphatic rings. The molecule has 6 nitrogen and oxygen atoms in total. The molecule has 0 unspecified atom stereocenters. The Kier molecular flexibility index (Phi) is 2.55. The van der Waals surface area contributed by atoms with Gasteiger partial charge in [0.25, 0.3) is 0 Å². The lowest BCUT2D eigenvalue weighted by molar-refractivity contribution is 1.10. The van der Waals surface area contributed by atoms with Crippen LogP contribution in [0.3, 0.4) is 0 Å². The molecule has 0 aliphatic carbocycles. The Morgan fingerprint density at radius 2 is 2.06 bits per heavy atom. The van der Waals surface area contributed by atoms with Gasteiger partial charge in [0.2, 0.25) is 0 Å². The molecular formula is C10H14N6. The predicted octanol–water partition coefficient (Wildman–Crippen LogP) is 0.768. The van der Waals surface area contributed by atoms with Crippen molar-refractivity contribution >= 4 is 22.9 Å². The molecule has 0 radical (unpaired) electrons. The van der Waals surface area contributed by atoms with Crippen LogP contribution in [-0.4, -0.2) is 10.2 Å². The van der Waals surface area contributed by atoms with Crippen LogP contribution < -0.4 is 22.5 Å². The van der Waals surface area contributed by atoms with Crippen molar-refractivity contribution in [3.8, 4) is 0 Å². The summed E-state index contributed by atoms with van der Waals surface area (Å²) in [4.78, 5) is 0. The predicted molar refractivity (Wildman–Crippen MR) is 65.6 cm³/mol. The lowest BCUT2D eigenvalue weighted by atomic mass is 10.2. The molecule has 84 valence electrons. The highest BCUT2D eigenvalue weighted by molar-refractivity contribution is 5.70. The van der Waals surface area contributed by atoms with Gasteiger partial charge in [-0.05, 0) is 18.2 Å². The Labute approximate surface area is 92.8 Å². The van der Waals surface area contributed by atoms with Gasteiger partial charge in [-0.25, -0.2) is 0 Å². The largest absolute Gasteiger partial charge is 0.399 e. The summed E-state index contributed by atoms with van der Waals surface area (Å²) in [6, 6.07) is 5.33.